The van der Waals surface area contributed by atoms with E-state index in [9.17, 15) is 5.11 Å². The molecule has 6 nitrogen and oxygen atoms in total. The van der Waals surface area contributed by atoms with Crippen molar-refractivity contribution in [1.82, 2.24) is 10.2 Å². The lowest BCUT2D eigenvalue weighted by Crippen LogP contribution is -2.20. The first-order valence-corrected chi connectivity index (χ1v) is 9.28. The van der Waals surface area contributed by atoms with Crippen LogP contribution in [0.2, 0.25) is 0 Å². The molecule has 0 aliphatic carbocycles. The maximum atomic E-state index is 10.1. The van der Waals surface area contributed by atoms with Gasteiger partial charge in [0.15, 0.2) is 0 Å². The Morgan fingerprint density at radius 2 is 1.69 bits per heavy atom. The molecule has 0 spiro atoms. The summed E-state index contributed by atoms with van der Waals surface area (Å²) < 4.78 is 16.5. The third-order valence-corrected chi connectivity index (χ3v) is 4.37. The van der Waals surface area contributed by atoms with Crippen molar-refractivity contribution < 1.29 is 19.0 Å². The van der Waals surface area contributed by atoms with Crippen LogP contribution in [0.5, 0.6) is 11.5 Å². The molecule has 0 radical (unpaired) electrons. The SMILES string of the molecule is CCOc1ccc(OCC(O)CSc2nnc(-c3ccccc3)o2)cc1. The zero-order valence-electron chi connectivity index (χ0n) is 14.4. The van der Waals surface area contributed by atoms with Gasteiger partial charge in [0.2, 0.25) is 5.89 Å². The number of nitrogens with zero attached hydrogens (tertiary/aromatic N) is 2. The van der Waals surface area contributed by atoms with Crippen molar-refractivity contribution in [2.24, 2.45) is 0 Å². The molecule has 1 unspecified atom stereocenters. The molecule has 0 saturated carbocycles. The molecule has 0 amide bonds. The van der Waals surface area contributed by atoms with Crippen LogP contribution < -0.4 is 9.47 Å². The van der Waals surface area contributed by atoms with Crippen LogP contribution in [0.1, 0.15) is 6.92 Å². The topological polar surface area (TPSA) is 77.6 Å². The summed E-state index contributed by atoms with van der Waals surface area (Å²) in [7, 11) is 0. The van der Waals surface area contributed by atoms with Gasteiger partial charge >= 0.3 is 0 Å². The Labute approximate surface area is 156 Å². The fourth-order valence-electron chi connectivity index (χ4n) is 2.17. The molecule has 0 bridgehead atoms. The smallest absolute Gasteiger partial charge is 0.276 e. The molecule has 136 valence electrons. The number of aliphatic hydroxyl groups excluding tert-OH is 1. The summed E-state index contributed by atoms with van der Waals surface area (Å²) in [6.45, 7) is 2.74. The van der Waals surface area contributed by atoms with Crippen LogP contribution in [0.4, 0.5) is 0 Å². The Morgan fingerprint density at radius 1 is 1.00 bits per heavy atom. The van der Waals surface area contributed by atoms with Crippen LogP contribution in [-0.4, -0.2) is 40.4 Å². The second-order valence-corrected chi connectivity index (χ2v) is 6.39. The highest BCUT2D eigenvalue weighted by molar-refractivity contribution is 7.99. The third-order valence-electron chi connectivity index (χ3n) is 3.40. The summed E-state index contributed by atoms with van der Waals surface area (Å²) in [6, 6.07) is 16.9. The highest BCUT2D eigenvalue weighted by Crippen LogP contribution is 2.23. The molecule has 0 fully saturated rings. The number of aliphatic hydroxyl groups is 1. The van der Waals surface area contributed by atoms with E-state index in [4.69, 9.17) is 13.9 Å². The van der Waals surface area contributed by atoms with Crippen molar-refractivity contribution in [3.8, 4) is 23.0 Å². The van der Waals surface area contributed by atoms with Crippen LogP contribution in [0.15, 0.2) is 64.2 Å². The van der Waals surface area contributed by atoms with E-state index < -0.39 is 6.10 Å². The zero-order chi connectivity index (χ0) is 18.2. The van der Waals surface area contributed by atoms with Gasteiger partial charge in [-0.1, -0.05) is 30.0 Å². The third kappa shape index (κ3) is 5.24. The van der Waals surface area contributed by atoms with E-state index >= 15 is 0 Å². The van der Waals surface area contributed by atoms with Gasteiger partial charge in [0.05, 0.1) is 12.7 Å². The van der Waals surface area contributed by atoms with E-state index in [-0.39, 0.29) is 6.61 Å². The van der Waals surface area contributed by atoms with E-state index in [1.807, 2.05) is 61.5 Å². The normalized spacial score (nSPS) is 11.9. The summed E-state index contributed by atoms with van der Waals surface area (Å²) in [6.07, 6.45) is -0.654. The Kier molecular flexibility index (Phi) is 6.51. The highest BCUT2D eigenvalue weighted by Gasteiger charge is 2.12. The van der Waals surface area contributed by atoms with E-state index in [2.05, 4.69) is 10.2 Å². The first-order chi connectivity index (χ1) is 12.7. The van der Waals surface area contributed by atoms with Crippen molar-refractivity contribution in [2.75, 3.05) is 19.0 Å². The summed E-state index contributed by atoms with van der Waals surface area (Å²) in [5.41, 5.74) is 0.867. The van der Waals surface area contributed by atoms with Gasteiger partial charge in [0, 0.05) is 11.3 Å². The lowest BCUT2D eigenvalue weighted by Gasteiger charge is -2.11. The summed E-state index contributed by atoms with van der Waals surface area (Å²) >= 11 is 1.30. The van der Waals surface area contributed by atoms with Crippen LogP contribution in [0.3, 0.4) is 0 Å². The van der Waals surface area contributed by atoms with Crippen LogP contribution in [0, 0.1) is 0 Å². The largest absolute Gasteiger partial charge is 0.494 e. The molecular weight excluding hydrogens is 352 g/mol. The maximum absolute atomic E-state index is 10.1. The minimum Gasteiger partial charge on any atom is -0.494 e. The molecule has 0 saturated heterocycles. The predicted octanol–water partition coefficient (Wildman–Crippen LogP) is 3.67. The van der Waals surface area contributed by atoms with Crippen molar-refractivity contribution in [3.63, 3.8) is 0 Å². The predicted molar refractivity (Wildman–Crippen MR) is 99.6 cm³/mol. The Hall–Kier alpha value is -2.51. The van der Waals surface area contributed by atoms with E-state index in [1.54, 1.807) is 0 Å². The van der Waals surface area contributed by atoms with Gasteiger partial charge in [0.25, 0.3) is 5.22 Å². The van der Waals surface area contributed by atoms with Gasteiger partial charge in [-0.3, -0.25) is 0 Å². The van der Waals surface area contributed by atoms with Gasteiger partial charge in [0.1, 0.15) is 18.1 Å². The second-order valence-electron chi connectivity index (χ2n) is 5.42. The van der Waals surface area contributed by atoms with Crippen molar-refractivity contribution >= 4 is 11.8 Å². The van der Waals surface area contributed by atoms with Gasteiger partial charge in [-0.15, -0.1) is 10.2 Å². The highest BCUT2D eigenvalue weighted by atomic mass is 32.2. The number of benzene rings is 2. The summed E-state index contributed by atoms with van der Waals surface area (Å²) in [5, 5.41) is 18.5. The molecule has 3 aromatic rings. The summed E-state index contributed by atoms with van der Waals surface area (Å²) in [5.74, 6) is 2.34. The monoisotopic (exact) mass is 372 g/mol. The first kappa shape index (κ1) is 18.3. The van der Waals surface area contributed by atoms with E-state index in [1.165, 1.54) is 11.8 Å². The molecule has 7 heteroatoms. The van der Waals surface area contributed by atoms with Gasteiger partial charge < -0.3 is 19.0 Å². The number of thioether (sulfide) groups is 1. The molecule has 0 aliphatic heterocycles. The maximum Gasteiger partial charge on any atom is 0.276 e. The number of rotatable bonds is 9. The van der Waals surface area contributed by atoms with Crippen LogP contribution >= 0.6 is 11.8 Å². The fourth-order valence-corrected chi connectivity index (χ4v) is 2.84. The first-order valence-electron chi connectivity index (χ1n) is 8.30. The molecule has 3 rings (SSSR count). The molecule has 0 aliphatic rings. The molecule has 1 aromatic heterocycles. The number of aromatic nitrogens is 2. The minimum absolute atomic E-state index is 0.181. The minimum atomic E-state index is -0.654. The Morgan fingerprint density at radius 3 is 2.38 bits per heavy atom. The number of hydrogen-bond donors (Lipinski definition) is 1. The average Bonchev–Trinajstić information content (AvgIpc) is 3.16. The molecular formula is C19H20N2O4S. The quantitative estimate of drug-likeness (QED) is 0.574. The fraction of sp³-hybridized carbons (Fsp3) is 0.263. The Bertz CT molecular complexity index is 793. The zero-order valence-corrected chi connectivity index (χ0v) is 15.2. The molecule has 2 aromatic carbocycles. The molecule has 1 atom stereocenters. The number of ether oxygens (including phenoxy) is 2. The summed E-state index contributed by atoms with van der Waals surface area (Å²) in [4.78, 5) is 0. The van der Waals surface area contributed by atoms with Crippen LogP contribution in [0.25, 0.3) is 11.5 Å². The van der Waals surface area contributed by atoms with E-state index in [0.29, 0.717) is 29.2 Å². The van der Waals surface area contributed by atoms with Gasteiger partial charge in [-0.25, -0.2) is 0 Å². The van der Waals surface area contributed by atoms with Crippen molar-refractivity contribution in [3.05, 3.63) is 54.6 Å². The molecule has 1 heterocycles. The lowest BCUT2D eigenvalue weighted by atomic mass is 10.2. The standard InChI is InChI=1S/C19H20N2O4S/c1-2-23-16-8-10-17(11-9-16)24-12-15(22)13-26-19-21-20-18(25-19)14-6-4-3-5-7-14/h3-11,15,22H,2,12-13H2,1H3. The second kappa shape index (κ2) is 9.26. The molecule has 26 heavy (non-hydrogen) atoms. The lowest BCUT2D eigenvalue weighted by molar-refractivity contribution is 0.126. The van der Waals surface area contributed by atoms with Crippen LogP contribution in [-0.2, 0) is 0 Å². The van der Waals surface area contributed by atoms with Gasteiger partial charge in [-0.05, 0) is 43.3 Å². The average molecular weight is 372 g/mol. The van der Waals surface area contributed by atoms with Gasteiger partial charge in [-0.2, -0.15) is 0 Å². The van der Waals surface area contributed by atoms with Crippen molar-refractivity contribution in [1.29, 1.82) is 0 Å². The Balaban J connectivity index is 1.44. The molecule has 1 N–H and O–H groups in total. The van der Waals surface area contributed by atoms with E-state index in [0.717, 1.165) is 11.3 Å². The van der Waals surface area contributed by atoms with Crippen molar-refractivity contribution in [2.45, 2.75) is 18.3 Å². The number of hydrogen-bond acceptors (Lipinski definition) is 7.